The number of benzene rings is 1. The Morgan fingerprint density at radius 1 is 0.962 bits per heavy atom. The van der Waals surface area contributed by atoms with Gasteiger partial charge < -0.3 is 0 Å². The van der Waals surface area contributed by atoms with Crippen LogP contribution in [0.4, 0.5) is 0 Å². The predicted octanol–water partition coefficient (Wildman–Crippen LogP) is 6.28. The summed E-state index contributed by atoms with van der Waals surface area (Å²) in [6.07, 6.45) is 12.9. The molecule has 1 aromatic carbocycles. The van der Waals surface area contributed by atoms with Crippen LogP contribution in [0.25, 0.3) is 11.3 Å². The Morgan fingerprint density at radius 2 is 1.73 bits per heavy atom. The van der Waals surface area contributed by atoms with Gasteiger partial charge in [-0.2, -0.15) is 0 Å². The first kappa shape index (κ1) is 20.3. The Hall–Kier alpha value is -2.03. The molecule has 1 atom stereocenters. The zero-order chi connectivity index (χ0) is 18.8. The van der Waals surface area contributed by atoms with Crippen molar-refractivity contribution in [2.24, 2.45) is 5.92 Å². The third-order valence-corrected chi connectivity index (χ3v) is 4.88. The summed E-state index contributed by atoms with van der Waals surface area (Å²) >= 11 is 0. The maximum absolute atomic E-state index is 12.8. The van der Waals surface area contributed by atoms with Crippen LogP contribution in [-0.2, 0) is 6.42 Å². The van der Waals surface area contributed by atoms with Gasteiger partial charge in [0.05, 0.1) is 17.6 Å². The van der Waals surface area contributed by atoms with E-state index < -0.39 is 0 Å². The normalized spacial score (nSPS) is 12.1. The number of carbonyl (C=O) groups excluding carboxylic acids is 1. The number of carbonyl (C=O) groups is 1. The summed E-state index contributed by atoms with van der Waals surface area (Å²) in [7, 11) is 0. The smallest absolute Gasteiger partial charge is 0.166 e. The van der Waals surface area contributed by atoms with Crippen LogP contribution in [0.2, 0.25) is 0 Å². The van der Waals surface area contributed by atoms with Gasteiger partial charge in [-0.25, -0.2) is 0 Å². The van der Waals surface area contributed by atoms with Gasteiger partial charge in [0.1, 0.15) is 0 Å². The molecule has 0 N–H and O–H groups in total. The second-order valence-corrected chi connectivity index (χ2v) is 7.16. The summed E-state index contributed by atoms with van der Waals surface area (Å²) in [5.41, 5.74) is 3.47. The molecule has 3 nitrogen and oxygen atoms in total. The van der Waals surface area contributed by atoms with Crippen LogP contribution in [0, 0.1) is 5.92 Å². The number of ketones is 1. The largest absolute Gasteiger partial charge is 0.294 e. The standard InChI is InChI=1S/C23H32N2O/c1-4-6-7-8-9-13-19-16-25-22(17-24-19)20-14-10-11-15-21(20)23(26)18(3)12-5-2/h10-11,14-18H,4-9,12-13H2,1-3H3. The van der Waals surface area contributed by atoms with E-state index in [4.69, 9.17) is 0 Å². The van der Waals surface area contributed by atoms with Crippen molar-refractivity contribution < 1.29 is 4.79 Å². The molecule has 0 aliphatic heterocycles. The molecule has 1 heterocycles. The second-order valence-electron chi connectivity index (χ2n) is 7.16. The molecular formula is C23H32N2O. The summed E-state index contributed by atoms with van der Waals surface area (Å²) in [5.74, 6) is 0.237. The van der Waals surface area contributed by atoms with Crippen LogP contribution < -0.4 is 0 Å². The first-order chi connectivity index (χ1) is 12.7. The van der Waals surface area contributed by atoms with E-state index in [0.717, 1.165) is 48.2 Å². The fourth-order valence-electron chi connectivity index (χ4n) is 3.28. The van der Waals surface area contributed by atoms with E-state index in [0.29, 0.717) is 0 Å². The van der Waals surface area contributed by atoms with Gasteiger partial charge in [-0.05, 0) is 19.3 Å². The number of nitrogens with zero attached hydrogens (tertiary/aromatic N) is 2. The number of Topliss-reactive ketones (excluding diaryl/α,β-unsaturated/α-hetero) is 1. The third-order valence-electron chi connectivity index (χ3n) is 4.88. The van der Waals surface area contributed by atoms with Gasteiger partial charge in [-0.15, -0.1) is 0 Å². The highest BCUT2D eigenvalue weighted by Crippen LogP contribution is 2.25. The van der Waals surface area contributed by atoms with Gasteiger partial charge in [0.25, 0.3) is 0 Å². The van der Waals surface area contributed by atoms with Crippen molar-refractivity contribution in [3.63, 3.8) is 0 Å². The quantitative estimate of drug-likeness (QED) is 0.353. The Balaban J connectivity index is 2.08. The summed E-state index contributed by atoms with van der Waals surface area (Å²) in [4.78, 5) is 22.0. The first-order valence-corrected chi connectivity index (χ1v) is 10.1. The van der Waals surface area contributed by atoms with Crippen molar-refractivity contribution in [3.8, 4) is 11.3 Å². The van der Waals surface area contributed by atoms with Gasteiger partial charge >= 0.3 is 0 Å². The molecule has 2 aromatic rings. The molecule has 0 bridgehead atoms. The molecule has 1 aromatic heterocycles. The summed E-state index contributed by atoms with van der Waals surface area (Å²) in [6, 6.07) is 7.76. The number of aromatic nitrogens is 2. The molecule has 0 saturated heterocycles. The monoisotopic (exact) mass is 352 g/mol. The molecule has 0 spiro atoms. The summed E-state index contributed by atoms with van der Waals surface area (Å²) < 4.78 is 0. The number of unbranched alkanes of at least 4 members (excludes halogenated alkanes) is 4. The summed E-state index contributed by atoms with van der Waals surface area (Å²) in [5, 5.41) is 0. The Kier molecular flexibility index (Phi) is 8.46. The maximum atomic E-state index is 12.8. The lowest BCUT2D eigenvalue weighted by atomic mass is 9.91. The minimum atomic E-state index is 0.0384. The highest BCUT2D eigenvalue weighted by atomic mass is 16.1. The van der Waals surface area contributed by atoms with Crippen molar-refractivity contribution in [3.05, 3.63) is 47.9 Å². The molecule has 3 heteroatoms. The maximum Gasteiger partial charge on any atom is 0.166 e. The average molecular weight is 353 g/mol. The highest BCUT2D eigenvalue weighted by molar-refractivity contribution is 6.03. The van der Waals surface area contributed by atoms with Crippen LogP contribution in [0.1, 0.15) is 81.8 Å². The van der Waals surface area contributed by atoms with Gasteiger partial charge in [0.2, 0.25) is 0 Å². The van der Waals surface area contributed by atoms with E-state index in [2.05, 4.69) is 23.8 Å². The van der Waals surface area contributed by atoms with Gasteiger partial charge in [-0.3, -0.25) is 14.8 Å². The van der Waals surface area contributed by atoms with Gasteiger partial charge in [0, 0.05) is 23.2 Å². The van der Waals surface area contributed by atoms with E-state index in [-0.39, 0.29) is 11.7 Å². The number of hydrogen-bond acceptors (Lipinski definition) is 3. The highest BCUT2D eigenvalue weighted by Gasteiger charge is 2.18. The Morgan fingerprint density at radius 3 is 2.42 bits per heavy atom. The molecule has 26 heavy (non-hydrogen) atoms. The molecule has 0 aliphatic carbocycles. The molecule has 1 unspecified atom stereocenters. The predicted molar refractivity (Wildman–Crippen MR) is 108 cm³/mol. The van der Waals surface area contributed by atoms with E-state index in [9.17, 15) is 4.79 Å². The lowest BCUT2D eigenvalue weighted by Crippen LogP contribution is -2.12. The molecule has 0 aliphatic rings. The van der Waals surface area contributed by atoms with Crippen molar-refractivity contribution in [1.82, 2.24) is 9.97 Å². The first-order valence-electron chi connectivity index (χ1n) is 10.1. The van der Waals surface area contributed by atoms with E-state index in [1.54, 1.807) is 0 Å². The van der Waals surface area contributed by atoms with Gasteiger partial charge in [-0.1, -0.05) is 77.1 Å². The molecular weight excluding hydrogens is 320 g/mol. The second kappa shape index (κ2) is 10.8. The van der Waals surface area contributed by atoms with E-state index in [1.807, 2.05) is 43.6 Å². The third kappa shape index (κ3) is 5.76. The van der Waals surface area contributed by atoms with E-state index in [1.165, 1.54) is 25.7 Å². The minimum Gasteiger partial charge on any atom is -0.294 e. The van der Waals surface area contributed by atoms with Crippen LogP contribution in [0.15, 0.2) is 36.7 Å². The molecule has 0 fully saturated rings. The minimum absolute atomic E-state index is 0.0384. The molecule has 0 saturated carbocycles. The zero-order valence-corrected chi connectivity index (χ0v) is 16.5. The van der Waals surface area contributed by atoms with Crippen molar-refractivity contribution >= 4 is 5.78 Å². The number of rotatable bonds is 11. The number of hydrogen-bond donors (Lipinski definition) is 0. The summed E-state index contributed by atoms with van der Waals surface area (Å²) in [6.45, 7) is 6.36. The zero-order valence-electron chi connectivity index (χ0n) is 16.5. The van der Waals surface area contributed by atoms with Crippen molar-refractivity contribution in [2.45, 2.75) is 72.1 Å². The average Bonchev–Trinajstić information content (AvgIpc) is 2.68. The van der Waals surface area contributed by atoms with Crippen LogP contribution in [0.3, 0.4) is 0 Å². The Bertz CT molecular complexity index is 679. The topological polar surface area (TPSA) is 42.9 Å². The number of aryl methyl sites for hydroxylation is 1. The molecule has 0 amide bonds. The lowest BCUT2D eigenvalue weighted by Gasteiger charge is -2.13. The lowest BCUT2D eigenvalue weighted by molar-refractivity contribution is 0.0924. The van der Waals surface area contributed by atoms with Crippen LogP contribution >= 0.6 is 0 Å². The van der Waals surface area contributed by atoms with Gasteiger partial charge in [0.15, 0.2) is 5.78 Å². The Labute approximate surface area is 158 Å². The van der Waals surface area contributed by atoms with E-state index >= 15 is 0 Å². The SMILES string of the molecule is CCCCCCCc1cnc(-c2ccccc2C(=O)C(C)CCC)cn1. The van der Waals surface area contributed by atoms with Crippen molar-refractivity contribution in [1.29, 1.82) is 0 Å². The van der Waals surface area contributed by atoms with Crippen LogP contribution in [0.5, 0.6) is 0 Å². The molecule has 0 radical (unpaired) electrons. The van der Waals surface area contributed by atoms with Crippen molar-refractivity contribution in [2.75, 3.05) is 0 Å². The fraction of sp³-hybridized carbons (Fsp3) is 0.522. The molecule has 140 valence electrons. The fourth-order valence-corrected chi connectivity index (χ4v) is 3.28. The molecule has 2 rings (SSSR count). The van der Waals surface area contributed by atoms with Crippen LogP contribution in [-0.4, -0.2) is 15.8 Å².